The molecule has 2 aromatic rings. The van der Waals surface area contributed by atoms with Crippen LogP contribution in [0.2, 0.25) is 0 Å². The minimum atomic E-state index is -0.695. The number of nitro groups is 1. The number of carbonyl (C=O) groups excluding carboxylic acids is 2. The highest BCUT2D eigenvalue weighted by atomic mass is 16.6. The molecule has 0 bridgehead atoms. The number of ether oxygens (including phenoxy) is 3. The molecule has 9 heteroatoms. The smallest absolute Gasteiger partial charge is 0.338 e. The lowest BCUT2D eigenvalue weighted by Crippen LogP contribution is -2.15. The zero-order valence-corrected chi connectivity index (χ0v) is 16.4. The second kappa shape index (κ2) is 10.1. The Hall–Kier alpha value is -3.62. The molecule has 9 nitrogen and oxygen atoms in total. The number of nitrogens with zero attached hydrogens (tertiary/aromatic N) is 1. The lowest BCUT2D eigenvalue weighted by Gasteiger charge is -2.12. The van der Waals surface area contributed by atoms with Crippen LogP contribution in [-0.4, -0.2) is 37.1 Å². The molecular weight excluding hydrogens is 380 g/mol. The number of rotatable bonds is 9. The Balaban J connectivity index is 2.25. The average Bonchev–Trinajstić information content (AvgIpc) is 2.72. The fourth-order valence-electron chi connectivity index (χ4n) is 2.48. The molecule has 0 radical (unpaired) electrons. The van der Waals surface area contributed by atoms with Crippen LogP contribution in [0.1, 0.15) is 41.0 Å². The first kappa shape index (κ1) is 21.7. The Morgan fingerprint density at radius 2 is 1.79 bits per heavy atom. The van der Waals surface area contributed by atoms with Crippen LogP contribution in [0, 0.1) is 10.1 Å². The summed E-state index contributed by atoms with van der Waals surface area (Å²) in [6.45, 7) is 4.22. The fraction of sp³-hybridized carbons (Fsp3) is 0.300. The molecule has 0 aromatic heterocycles. The quantitative estimate of drug-likeness (QED) is 0.385. The maximum absolute atomic E-state index is 12.6. The van der Waals surface area contributed by atoms with E-state index in [0.717, 1.165) is 6.07 Å². The van der Waals surface area contributed by atoms with Gasteiger partial charge in [0.1, 0.15) is 5.56 Å². The molecule has 0 saturated carbocycles. The largest absolute Gasteiger partial charge is 0.493 e. The van der Waals surface area contributed by atoms with E-state index in [-0.39, 0.29) is 23.7 Å². The van der Waals surface area contributed by atoms with Crippen LogP contribution in [0.3, 0.4) is 0 Å². The summed E-state index contributed by atoms with van der Waals surface area (Å²) in [4.78, 5) is 35.2. The zero-order valence-electron chi connectivity index (χ0n) is 16.4. The molecule has 0 heterocycles. The van der Waals surface area contributed by atoms with Crippen LogP contribution in [0.5, 0.6) is 11.5 Å². The van der Waals surface area contributed by atoms with Crippen molar-refractivity contribution in [3.8, 4) is 11.5 Å². The number of nitro benzene ring substituents is 1. The summed E-state index contributed by atoms with van der Waals surface area (Å²) in [5.74, 6) is -0.777. The number of hydrogen-bond donors (Lipinski definition) is 1. The van der Waals surface area contributed by atoms with Crippen LogP contribution in [-0.2, 0) is 4.74 Å². The third-order valence-corrected chi connectivity index (χ3v) is 3.84. The van der Waals surface area contributed by atoms with Crippen LogP contribution in [0.4, 0.5) is 11.4 Å². The van der Waals surface area contributed by atoms with E-state index < -0.39 is 22.5 Å². The molecule has 0 fully saturated rings. The van der Waals surface area contributed by atoms with Gasteiger partial charge in [-0.2, -0.15) is 0 Å². The minimum Gasteiger partial charge on any atom is -0.493 e. The number of nitrogens with one attached hydrogen (secondary N) is 1. The molecule has 2 aromatic carbocycles. The summed E-state index contributed by atoms with van der Waals surface area (Å²) in [5.41, 5.74) is 0.114. The first-order valence-electron chi connectivity index (χ1n) is 8.99. The maximum Gasteiger partial charge on any atom is 0.338 e. The summed E-state index contributed by atoms with van der Waals surface area (Å²) in [7, 11) is 1.38. The van der Waals surface area contributed by atoms with E-state index in [2.05, 4.69) is 5.32 Å². The van der Waals surface area contributed by atoms with Crippen molar-refractivity contribution in [3.63, 3.8) is 0 Å². The van der Waals surface area contributed by atoms with E-state index in [9.17, 15) is 19.7 Å². The van der Waals surface area contributed by atoms with Gasteiger partial charge in [0.2, 0.25) is 0 Å². The minimum absolute atomic E-state index is 0.174. The number of carbonyl (C=O) groups is 2. The highest BCUT2D eigenvalue weighted by Crippen LogP contribution is 2.35. The van der Waals surface area contributed by atoms with Gasteiger partial charge < -0.3 is 19.5 Å². The van der Waals surface area contributed by atoms with E-state index >= 15 is 0 Å². The van der Waals surface area contributed by atoms with E-state index in [1.54, 1.807) is 6.92 Å². The number of esters is 1. The maximum atomic E-state index is 12.6. The Morgan fingerprint density at radius 3 is 2.34 bits per heavy atom. The summed E-state index contributed by atoms with van der Waals surface area (Å²) < 4.78 is 15.5. The van der Waals surface area contributed by atoms with Gasteiger partial charge in [-0.3, -0.25) is 14.9 Å². The monoisotopic (exact) mass is 402 g/mol. The third kappa shape index (κ3) is 5.44. The van der Waals surface area contributed by atoms with Crippen molar-refractivity contribution in [2.75, 3.05) is 25.6 Å². The van der Waals surface area contributed by atoms with Crippen molar-refractivity contribution in [3.05, 3.63) is 57.6 Å². The van der Waals surface area contributed by atoms with Gasteiger partial charge in [0.05, 0.1) is 36.9 Å². The van der Waals surface area contributed by atoms with Crippen molar-refractivity contribution in [2.45, 2.75) is 20.3 Å². The molecule has 0 spiro atoms. The predicted octanol–water partition coefficient (Wildman–Crippen LogP) is 3.82. The molecule has 1 amide bonds. The standard InChI is InChI=1S/C20H22N2O7/c1-4-10-29-20(24)13-6-8-14(9-7-13)21-19(23)15-11-17(27-3)18(28-5-2)12-16(15)22(25)26/h6-9,11-12H,4-5,10H2,1-3H3,(H,21,23). The van der Waals surface area contributed by atoms with Crippen molar-refractivity contribution >= 4 is 23.3 Å². The molecule has 0 aliphatic heterocycles. The van der Waals surface area contributed by atoms with Crippen molar-refractivity contribution < 1.29 is 28.7 Å². The highest BCUT2D eigenvalue weighted by molar-refractivity contribution is 6.07. The van der Waals surface area contributed by atoms with Gasteiger partial charge in [0.25, 0.3) is 11.6 Å². The van der Waals surface area contributed by atoms with Crippen LogP contribution < -0.4 is 14.8 Å². The number of amides is 1. The molecule has 0 aliphatic carbocycles. The average molecular weight is 402 g/mol. The molecule has 1 N–H and O–H groups in total. The topological polar surface area (TPSA) is 117 Å². The lowest BCUT2D eigenvalue weighted by atomic mass is 10.1. The normalized spacial score (nSPS) is 10.2. The van der Waals surface area contributed by atoms with Crippen molar-refractivity contribution in [2.24, 2.45) is 0 Å². The van der Waals surface area contributed by atoms with E-state index in [4.69, 9.17) is 14.2 Å². The van der Waals surface area contributed by atoms with Gasteiger partial charge in [0, 0.05) is 11.8 Å². The Kier molecular flexibility index (Phi) is 7.53. The molecule has 154 valence electrons. The summed E-state index contributed by atoms with van der Waals surface area (Å²) in [5, 5.41) is 14.0. The van der Waals surface area contributed by atoms with Gasteiger partial charge in [0.15, 0.2) is 11.5 Å². The Labute approximate surface area is 167 Å². The van der Waals surface area contributed by atoms with Crippen LogP contribution in [0.25, 0.3) is 0 Å². The second-order valence-corrected chi connectivity index (χ2v) is 5.88. The number of methoxy groups -OCH3 is 1. The second-order valence-electron chi connectivity index (χ2n) is 5.88. The van der Waals surface area contributed by atoms with Gasteiger partial charge in [-0.15, -0.1) is 0 Å². The third-order valence-electron chi connectivity index (χ3n) is 3.84. The Morgan fingerprint density at radius 1 is 1.10 bits per heavy atom. The fourth-order valence-corrected chi connectivity index (χ4v) is 2.48. The SMILES string of the molecule is CCCOC(=O)c1ccc(NC(=O)c2cc(OC)c(OCC)cc2[N+](=O)[O-])cc1. The molecule has 0 saturated heterocycles. The van der Waals surface area contributed by atoms with E-state index in [0.29, 0.717) is 24.3 Å². The molecule has 0 aliphatic rings. The molecular formula is C20H22N2O7. The van der Waals surface area contributed by atoms with Gasteiger partial charge in [-0.25, -0.2) is 4.79 Å². The number of benzene rings is 2. The summed E-state index contributed by atoms with van der Waals surface area (Å²) in [6.07, 6.45) is 0.713. The van der Waals surface area contributed by atoms with Crippen molar-refractivity contribution in [1.29, 1.82) is 0 Å². The number of anilines is 1. The van der Waals surface area contributed by atoms with Gasteiger partial charge in [-0.1, -0.05) is 6.92 Å². The molecule has 0 unspecified atom stereocenters. The lowest BCUT2D eigenvalue weighted by molar-refractivity contribution is -0.385. The van der Waals surface area contributed by atoms with Crippen LogP contribution >= 0.6 is 0 Å². The predicted molar refractivity (Wildman–Crippen MR) is 106 cm³/mol. The van der Waals surface area contributed by atoms with E-state index in [1.807, 2.05) is 6.92 Å². The Bertz CT molecular complexity index is 894. The van der Waals surface area contributed by atoms with E-state index in [1.165, 1.54) is 37.4 Å². The van der Waals surface area contributed by atoms with Crippen molar-refractivity contribution in [1.82, 2.24) is 0 Å². The first-order chi connectivity index (χ1) is 13.9. The summed E-state index contributed by atoms with van der Waals surface area (Å²) >= 11 is 0. The number of hydrogen-bond acceptors (Lipinski definition) is 7. The highest BCUT2D eigenvalue weighted by Gasteiger charge is 2.25. The van der Waals surface area contributed by atoms with Gasteiger partial charge >= 0.3 is 5.97 Å². The molecule has 0 atom stereocenters. The molecule has 29 heavy (non-hydrogen) atoms. The first-order valence-corrected chi connectivity index (χ1v) is 8.99. The zero-order chi connectivity index (χ0) is 21.4. The molecule has 2 rings (SSSR count). The van der Waals surface area contributed by atoms with Gasteiger partial charge in [-0.05, 0) is 37.6 Å². The summed E-state index contributed by atoms with van der Waals surface area (Å²) in [6, 6.07) is 8.44. The van der Waals surface area contributed by atoms with Crippen LogP contribution in [0.15, 0.2) is 36.4 Å².